The Hall–Kier alpha value is -2.55. The number of hydrogen-bond acceptors (Lipinski definition) is 1. The number of likely N-dealkylation sites (N-methyl/N-ethyl adjacent to an activating group) is 1. The fraction of sp³-hybridized carbons (Fsp3) is 0.318. The lowest BCUT2D eigenvalue weighted by molar-refractivity contribution is 0.0781. The van der Waals surface area contributed by atoms with Crippen LogP contribution in [0.1, 0.15) is 39.9 Å². The second-order valence-corrected chi connectivity index (χ2v) is 7.49. The first-order valence-electron chi connectivity index (χ1n) is 8.89. The molecule has 2 aromatic carbocycles. The summed E-state index contributed by atoms with van der Waals surface area (Å²) in [4.78, 5) is 18.1. The molecule has 1 amide bonds. The van der Waals surface area contributed by atoms with Crippen molar-refractivity contribution in [3.05, 3.63) is 70.9 Å². The van der Waals surface area contributed by atoms with E-state index >= 15 is 0 Å². The summed E-state index contributed by atoms with van der Waals surface area (Å²) in [5, 5.41) is 1.28. The van der Waals surface area contributed by atoms with Gasteiger partial charge in [0.1, 0.15) is 0 Å². The van der Waals surface area contributed by atoms with Crippen LogP contribution in [0.4, 0.5) is 0 Å². The van der Waals surface area contributed by atoms with Gasteiger partial charge in [-0.25, -0.2) is 0 Å². The maximum Gasteiger partial charge on any atom is 0.253 e. The van der Waals surface area contributed by atoms with Gasteiger partial charge in [-0.2, -0.15) is 0 Å². The number of benzene rings is 2. The lowest BCUT2D eigenvalue weighted by Crippen LogP contribution is -2.34. The molecule has 1 N–H and O–H groups in total. The first-order chi connectivity index (χ1) is 12.0. The molecule has 1 saturated carbocycles. The van der Waals surface area contributed by atoms with Gasteiger partial charge in [0, 0.05) is 41.7 Å². The number of nitrogens with one attached hydrogen (secondary N) is 1. The zero-order valence-electron chi connectivity index (χ0n) is 15.1. The van der Waals surface area contributed by atoms with E-state index in [-0.39, 0.29) is 11.3 Å². The van der Waals surface area contributed by atoms with Crippen molar-refractivity contribution < 1.29 is 4.79 Å². The third-order valence-electron chi connectivity index (χ3n) is 5.65. The van der Waals surface area contributed by atoms with Crippen LogP contribution in [0.15, 0.2) is 48.7 Å². The van der Waals surface area contributed by atoms with E-state index in [1.54, 1.807) is 0 Å². The molecule has 0 unspecified atom stereocenters. The largest absolute Gasteiger partial charge is 0.361 e. The molecule has 25 heavy (non-hydrogen) atoms. The molecule has 128 valence electrons. The highest BCUT2D eigenvalue weighted by molar-refractivity contribution is 5.94. The predicted molar refractivity (Wildman–Crippen MR) is 102 cm³/mol. The number of carbonyl (C=O) groups is 1. The molecule has 0 aliphatic heterocycles. The van der Waals surface area contributed by atoms with Gasteiger partial charge in [-0.1, -0.05) is 24.3 Å². The SMILES string of the molecule is Cc1ccc(C(=O)N(C)CC2(c3c[nH]c4ccccc34)CC2)cc1C. The van der Waals surface area contributed by atoms with Gasteiger partial charge in [0.15, 0.2) is 0 Å². The number of nitrogens with zero attached hydrogens (tertiary/aromatic N) is 1. The van der Waals surface area contributed by atoms with Crippen molar-refractivity contribution in [1.29, 1.82) is 0 Å². The van der Waals surface area contributed by atoms with Gasteiger partial charge >= 0.3 is 0 Å². The fourth-order valence-corrected chi connectivity index (χ4v) is 3.79. The minimum absolute atomic E-state index is 0.101. The lowest BCUT2D eigenvalue weighted by Gasteiger charge is -2.24. The summed E-state index contributed by atoms with van der Waals surface area (Å²) in [6, 6.07) is 14.4. The molecule has 1 aromatic heterocycles. The van der Waals surface area contributed by atoms with Crippen LogP contribution in [0.2, 0.25) is 0 Å². The van der Waals surface area contributed by atoms with Gasteiger partial charge < -0.3 is 9.88 Å². The summed E-state index contributed by atoms with van der Waals surface area (Å²) in [5.74, 6) is 0.106. The van der Waals surface area contributed by atoms with Crippen LogP contribution >= 0.6 is 0 Å². The molecule has 3 nitrogen and oxygen atoms in total. The zero-order chi connectivity index (χ0) is 17.6. The Balaban J connectivity index is 1.58. The summed E-state index contributed by atoms with van der Waals surface area (Å²) in [7, 11) is 1.92. The zero-order valence-corrected chi connectivity index (χ0v) is 15.1. The highest BCUT2D eigenvalue weighted by atomic mass is 16.2. The normalized spacial score (nSPS) is 15.3. The van der Waals surface area contributed by atoms with Crippen molar-refractivity contribution in [2.45, 2.75) is 32.1 Å². The molecule has 3 aromatic rings. The molecule has 0 atom stereocenters. The monoisotopic (exact) mass is 332 g/mol. The van der Waals surface area contributed by atoms with E-state index in [9.17, 15) is 4.79 Å². The van der Waals surface area contributed by atoms with E-state index < -0.39 is 0 Å². The number of rotatable bonds is 4. The summed E-state index contributed by atoms with van der Waals surface area (Å²) in [5.41, 5.74) is 5.78. The topological polar surface area (TPSA) is 36.1 Å². The van der Waals surface area contributed by atoms with Crippen molar-refractivity contribution >= 4 is 16.8 Å². The van der Waals surface area contributed by atoms with Gasteiger partial charge in [-0.3, -0.25) is 4.79 Å². The standard InChI is InChI=1S/C22H24N2O/c1-15-8-9-17(12-16(15)2)21(25)24(3)14-22(10-11-22)19-13-23-20-7-5-4-6-18(19)20/h4-9,12-13,23H,10-11,14H2,1-3H3. The number of carbonyl (C=O) groups excluding carboxylic acids is 1. The quantitative estimate of drug-likeness (QED) is 0.745. The Morgan fingerprint density at radius 1 is 1.12 bits per heavy atom. The molecule has 3 heteroatoms. The van der Waals surface area contributed by atoms with Crippen LogP contribution in [0.3, 0.4) is 0 Å². The second kappa shape index (κ2) is 5.76. The smallest absolute Gasteiger partial charge is 0.253 e. The van der Waals surface area contributed by atoms with Crippen LogP contribution in [0, 0.1) is 13.8 Å². The molecule has 0 spiro atoms. The van der Waals surface area contributed by atoms with Crippen LogP contribution in [-0.2, 0) is 5.41 Å². The number of aromatic nitrogens is 1. The first kappa shape index (κ1) is 15.9. The number of amides is 1. The third kappa shape index (κ3) is 2.74. The molecule has 0 radical (unpaired) electrons. The van der Waals surface area contributed by atoms with Crippen molar-refractivity contribution in [1.82, 2.24) is 9.88 Å². The molecule has 0 saturated heterocycles. The summed E-state index contributed by atoms with van der Waals surface area (Å²) in [6.07, 6.45) is 4.41. The van der Waals surface area contributed by atoms with E-state index in [1.807, 2.05) is 30.1 Å². The van der Waals surface area contributed by atoms with Gasteiger partial charge in [-0.05, 0) is 61.6 Å². The highest BCUT2D eigenvalue weighted by Gasteiger charge is 2.47. The van der Waals surface area contributed by atoms with E-state index in [0.717, 1.165) is 30.5 Å². The summed E-state index contributed by atoms with van der Waals surface area (Å²) in [6.45, 7) is 4.89. The maximum atomic E-state index is 12.9. The minimum atomic E-state index is 0.101. The van der Waals surface area contributed by atoms with Crippen LogP contribution in [-0.4, -0.2) is 29.4 Å². The van der Waals surface area contributed by atoms with E-state index in [4.69, 9.17) is 0 Å². The van der Waals surface area contributed by atoms with Gasteiger partial charge in [0.2, 0.25) is 0 Å². The molecular weight excluding hydrogens is 308 g/mol. The number of aryl methyl sites for hydroxylation is 2. The van der Waals surface area contributed by atoms with Crippen LogP contribution in [0.5, 0.6) is 0 Å². The number of aromatic amines is 1. The van der Waals surface area contributed by atoms with Crippen molar-refractivity contribution in [2.24, 2.45) is 0 Å². The Morgan fingerprint density at radius 3 is 2.60 bits per heavy atom. The summed E-state index contributed by atoms with van der Waals surface area (Å²) < 4.78 is 0. The van der Waals surface area contributed by atoms with Crippen LogP contribution < -0.4 is 0 Å². The lowest BCUT2D eigenvalue weighted by atomic mass is 9.94. The van der Waals surface area contributed by atoms with Crippen molar-refractivity contribution in [3.8, 4) is 0 Å². The van der Waals surface area contributed by atoms with E-state index in [2.05, 4.69) is 49.3 Å². The predicted octanol–water partition coefficient (Wildman–Crippen LogP) is 4.59. The van der Waals surface area contributed by atoms with Gasteiger partial charge in [0.25, 0.3) is 5.91 Å². The second-order valence-electron chi connectivity index (χ2n) is 7.49. The van der Waals surface area contributed by atoms with E-state index in [0.29, 0.717) is 0 Å². The average Bonchev–Trinajstić information content (AvgIpc) is 3.25. The Kier molecular flexibility index (Phi) is 3.68. The maximum absolute atomic E-state index is 12.9. The van der Waals surface area contributed by atoms with Crippen molar-refractivity contribution in [3.63, 3.8) is 0 Å². The van der Waals surface area contributed by atoms with E-state index in [1.165, 1.54) is 22.0 Å². The minimum Gasteiger partial charge on any atom is -0.361 e. The number of H-pyrrole nitrogens is 1. The average molecular weight is 332 g/mol. The number of para-hydroxylation sites is 1. The molecule has 1 aliphatic carbocycles. The molecule has 1 heterocycles. The molecular formula is C22H24N2O. The first-order valence-corrected chi connectivity index (χ1v) is 8.89. The molecule has 1 aliphatic rings. The highest BCUT2D eigenvalue weighted by Crippen LogP contribution is 2.50. The Labute approximate surface area is 148 Å². The number of hydrogen-bond donors (Lipinski definition) is 1. The Bertz CT molecular complexity index is 950. The molecule has 1 fully saturated rings. The summed E-state index contributed by atoms with van der Waals surface area (Å²) >= 11 is 0. The van der Waals surface area contributed by atoms with Gasteiger partial charge in [-0.15, -0.1) is 0 Å². The fourth-order valence-electron chi connectivity index (χ4n) is 3.79. The third-order valence-corrected chi connectivity index (χ3v) is 5.65. The van der Waals surface area contributed by atoms with Gasteiger partial charge in [0.05, 0.1) is 0 Å². The molecule has 4 rings (SSSR count). The van der Waals surface area contributed by atoms with Crippen LogP contribution in [0.25, 0.3) is 10.9 Å². The number of fused-ring (bicyclic) bond motifs is 1. The Morgan fingerprint density at radius 2 is 1.88 bits per heavy atom. The van der Waals surface area contributed by atoms with Crippen molar-refractivity contribution in [2.75, 3.05) is 13.6 Å². The molecule has 0 bridgehead atoms.